The van der Waals surface area contributed by atoms with Crippen LogP contribution in [0.5, 0.6) is 11.6 Å². The highest BCUT2D eigenvalue weighted by Gasteiger charge is 2.09. The Hall–Kier alpha value is -1.63. The van der Waals surface area contributed by atoms with Gasteiger partial charge in [-0.2, -0.15) is 0 Å². The molecule has 0 amide bonds. The minimum atomic E-state index is -0.985. The monoisotopic (exact) mass is 355 g/mol. The molecule has 0 atom stereocenters. The standard InChI is InChI=1S/C13H10INO3/c1-8-11(13(16)17)5-6-12(15-8)18-10-4-2-3-9(14)7-10/h2-7H,1H3,(H,16,17). The summed E-state index contributed by atoms with van der Waals surface area (Å²) in [6, 6.07) is 10.6. The van der Waals surface area contributed by atoms with E-state index in [2.05, 4.69) is 27.6 Å². The molecule has 0 unspecified atom stereocenters. The molecule has 4 nitrogen and oxygen atoms in total. The molecule has 0 aliphatic heterocycles. The molecule has 0 bridgehead atoms. The van der Waals surface area contributed by atoms with Crippen molar-refractivity contribution in [2.75, 3.05) is 0 Å². The normalized spacial score (nSPS) is 10.1. The number of carboxylic acids is 1. The van der Waals surface area contributed by atoms with Crippen LogP contribution in [0, 0.1) is 10.5 Å². The second-order valence-corrected chi connectivity index (χ2v) is 4.89. The van der Waals surface area contributed by atoms with Gasteiger partial charge in [-0.15, -0.1) is 0 Å². The van der Waals surface area contributed by atoms with Crippen LogP contribution in [0.15, 0.2) is 36.4 Å². The largest absolute Gasteiger partial charge is 0.478 e. The van der Waals surface area contributed by atoms with E-state index in [0.29, 0.717) is 17.3 Å². The van der Waals surface area contributed by atoms with Crippen molar-refractivity contribution in [2.24, 2.45) is 0 Å². The Bertz CT molecular complexity index is 599. The van der Waals surface area contributed by atoms with Gasteiger partial charge < -0.3 is 9.84 Å². The van der Waals surface area contributed by atoms with Gasteiger partial charge in [0.15, 0.2) is 0 Å². The van der Waals surface area contributed by atoms with Crippen LogP contribution in [-0.2, 0) is 0 Å². The van der Waals surface area contributed by atoms with Gasteiger partial charge in [0.05, 0.1) is 11.3 Å². The van der Waals surface area contributed by atoms with E-state index in [1.807, 2.05) is 24.3 Å². The van der Waals surface area contributed by atoms with Gasteiger partial charge in [0.1, 0.15) is 5.75 Å². The van der Waals surface area contributed by atoms with Crippen molar-refractivity contribution < 1.29 is 14.6 Å². The Kier molecular flexibility index (Phi) is 3.81. The van der Waals surface area contributed by atoms with Crippen LogP contribution in [0.25, 0.3) is 0 Å². The number of rotatable bonds is 3. The van der Waals surface area contributed by atoms with Crippen LogP contribution in [-0.4, -0.2) is 16.1 Å². The summed E-state index contributed by atoms with van der Waals surface area (Å²) in [7, 11) is 0. The van der Waals surface area contributed by atoms with Crippen LogP contribution in [0.2, 0.25) is 0 Å². The highest BCUT2D eigenvalue weighted by molar-refractivity contribution is 14.1. The zero-order valence-corrected chi connectivity index (χ0v) is 11.7. The number of aromatic nitrogens is 1. The second kappa shape index (κ2) is 5.34. The van der Waals surface area contributed by atoms with Gasteiger partial charge in [-0.05, 0) is 53.8 Å². The molecule has 2 rings (SSSR count). The number of aryl methyl sites for hydroxylation is 1. The Balaban J connectivity index is 2.25. The third-order valence-electron chi connectivity index (χ3n) is 2.31. The molecular weight excluding hydrogens is 345 g/mol. The van der Waals surface area contributed by atoms with Crippen LogP contribution in [0.4, 0.5) is 0 Å². The van der Waals surface area contributed by atoms with E-state index in [0.717, 1.165) is 3.57 Å². The molecule has 0 spiro atoms. The van der Waals surface area contributed by atoms with E-state index in [-0.39, 0.29) is 5.56 Å². The third kappa shape index (κ3) is 2.98. The molecule has 1 heterocycles. The fourth-order valence-electron chi connectivity index (χ4n) is 1.47. The maximum atomic E-state index is 10.9. The number of pyridine rings is 1. The average Bonchev–Trinajstić information content (AvgIpc) is 2.28. The lowest BCUT2D eigenvalue weighted by atomic mass is 10.2. The third-order valence-corrected chi connectivity index (χ3v) is 2.98. The first kappa shape index (κ1) is 12.8. The molecule has 0 saturated heterocycles. The van der Waals surface area contributed by atoms with Crippen molar-refractivity contribution in [2.45, 2.75) is 6.92 Å². The van der Waals surface area contributed by atoms with Crippen molar-refractivity contribution in [3.8, 4) is 11.6 Å². The SMILES string of the molecule is Cc1nc(Oc2cccc(I)c2)ccc1C(=O)O. The van der Waals surface area contributed by atoms with Gasteiger partial charge >= 0.3 is 5.97 Å². The number of carbonyl (C=O) groups is 1. The van der Waals surface area contributed by atoms with Gasteiger partial charge in [0.25, 0.3) is 0 Å². The zero-order valence-electron chi connectivity index (χ0n) is 9.55. The van der Waals surface area contributed by atoms with Crippen molar-refractivity contribution >= 4 is 28.6 Å². The van der Waals surface area contributed by atoms with Gasteiger partial charge in [0.2, 0.25) is 5.88 Å². The summed E-state index contributed by atoms with van der Waals surface area (Å²) in [5.74, 6) is 0.0807. The van der Waals surface area contributed by atoms with Crippen LogP contribution >= 0.6 is 22.6 Å². The topological polar surface area (TPSA) is 59.4 Å². The summed E-state index contributed by atoms with van der Waals surface area (Å²) >= 11 is 2.19. The minimum Gasteiger partial charge on any atom is -0.478 e. The molecule has 2 aromatic rings. The highest BCUT2D eigenvalue weighted by Crippen LogP contribution is 2.22. The molecule has 1 N–H and O–H groups in total. The van der Waals surface area contributed by atoms with Crippen LogP contribution in [0.3, 0.4) is 0 Å². The number of ether oxygens (including phenoxy) is 1. The highest BCUT2D eigenvalue weighted by atomic mass is 127. The molecule has 1 aromatic carbocycles. The minimum absolute atomic E-state index is 0.185. The molecule has 0 aliphatic rings. The fourth-order valence-corrected chi connectivity index (χ4v) is 1.99. The van der Waals surface area contributed by atoms with Crippen LogP contribution < -0.4 is 4.74 Å². The lowest BCUT2D eigenvalue weighted by Gasteiger charge is -2.07. The lowest BCUT2D eigenvalue weighted by molar-refractivity contribution is 0.0695. The molecule has 0 radical (unpaired) electrons. The predicted octanol–water partition coefficient (Wildman–Crippen LogP) is 3.49. The quantitative estimate of drug-likeness (QED) is 0.857. The molecule has 92 valence electrons. The Morgan fingerprint density at radius 2 is 2.11 bits per heavy atom. The molecule has 1 aromatic heterocycles. The number of nitrogens with zero attached hydrogens (tertiary/aromatic N) is 1. The van der Waals surface area contributed by atoms with Crippen molar-refractivity contribution in [1.82, 2.24) is 4.98 Å². The number of benzene rings is 1. The lowest BCUT2D eigenvalue weighted by Crippen LogP contribution is -2.02. The van der Waals surface area contributed by atoms with Crippen molar-refractivity contribution in [1.29, 1.82) is 0 Å². The Labute approximate surface area is 118 Å². The number of halogens is 1. The van der Waals surface area contributed by atoms with E-state index >= 15 is 0 Å². The first-order valence-electron chi connectivity index (χ1n) is 5.20. The van der Waals surface area contributed by atoms with E-state index < -0.39 is 5.97 Å². The number of carboxylic acid groups (broad SMARTS) is 1. The zero-order chi connectivity index (χ0) is 13.1. The molecule has 0 saturated carbocycles. The Morgan fingerprint density at radius 3 is 2.72 bits per heavy atom. The number of hydrogen-bond donors (Lipinski definition) is 1. The first-order valence-corrected chi connectivity index (χ1v) is 6.28. The summed E-state index contributed by atoms with van der Waals surface area (Å²) in [6.07, 6.45) is 0. The average molecular weight is 355 g/mol. The summed E-state index contributed by atoms with van der Waals surface area (Å²) in [4.78, 5) is 15.0. The van der Waals surface area contributed by atoms with E-state index in [4.69, 9.17) is 9.84 Å². The fraction of sp³-hybridized carbons (Fsp3) is 0.0769. The molecule has 18 heavy (non-hydrogen) atoms. The van der Waals surface area contributed by atoms with E-state index in [1.165, 1.54) is 6.07 Å². The summed E-state index contributed by atoms with van der Waals surface area (Å²) in [6.45, 7) is 1.64. The number of hydrogen-bond acceptors (Lipinski definition) is 3. The molecule has 0 fully saturated rings. The van der Waals surface area contributed by atoms with Gasteiger partial charge in [-0.25, -0.2) is 9.78 Å². The summed E-state index contributed by atoms with van der Waals surface area (Å²) < 4.78 is 6.63. The van der Waals surface area contributed by atoms with Crippen LogP contribution in [0.1, 0.15) is 16.1 Å². The summed E-state index contributed by atoms with van der Waals surface area (Å²) in [5, 5.41) is 8.90. The predicted molar refractivity (Wildman–Crippen MR) is 75.2 cm³/mol. The van der Waals surface area contributed by atoms with Crippen molar-refractivity contribution in [3.05, 3.63) is 51.2 Å². The second-order valence-electron chi connectivity index (χ2n) is 3.65. The van der Waals surface area contributed by atoms with Gasteiger partial charge in [-0.3, -0.25) is 0 Å². The maximum Gasteiger partial charge on any atom is 0.337 e. The molecule has 0 aliphatic carbocycles. The first-order chi connectivity index (χ1) is 8.56. The maximum absolute atomic E-state index is 10.9. The van der Waals surface area contributed by atoms with Crippen molar-refractivity contribution in [3.63, 3.8) is 0 Å². The van der Waals surface area contributed by atoms with E-state index in [1.54, 1.807) is 13.0 Å². The molecular formula is C13H10INO3. The smallest absolute Gasteiger partial charge is 0.337 e. The summed E-state index contributed by atoms with van der Waals surface area (Å²) in [5.41, 5.74) is 0.621. The van der Waals surface area contributed by atoms with Gasteiger partial charge in [0, 0.05) is 9.64 Å². The van der Waals surface area contributed by atoms with Gasteiger partial charge in [-0.1, -0.05) is 6.07 Å². The molecule has 5 heteroatoms. The van der Waals surface area contributed by atoms with E-state index in [9.17, 15) is 4.79 Å². The number of aromatic carboxylic acids is 1. The Morgan fingerprint density at radius 1 is 1.33 bits per heavy atom.